The largest absolute Gasteiger partial charge is 0.444 e. The van der Waals surface area contributed by atoms with Crippen molar-refractivity contribution in [3.05, 3.63) is 66.7 Å². The van der Waals surface area contributed by atoms with Crippen LogP contribution in [0.2, 0.25) is 0 Å². The highest BCUT2D eigenvalue weighted by molar-refractivity contribution is 6.03. The first-order valence-electron chi connectivity index (χ1n) is 11.8. The Morgan fingerprint density at radius 1 is 1.33 bits per heavy atom. The van der Waals surface area contributed by atoms with Crippen LogP contribution in [0.4, 0.5) is 20.3 Å². The Hall–Kier alpha value is -4.02. The van der Waals surface area contributed by atoms with Crippen molar-refractivity contribution in [3.63, 3.8) is 0 Å². The minimum atomic E-state index is -2.85. The average Bonchev–Trinajstić information content (AvgIpc) is 3.39. The fourth-order valence-corrected chi connectivity index (χ4v) is 3.94. The Labute approximate surface area is 206 Å². The first-order chi connectivity index (χ1) is 17.4. The van der Waals surface area contributed by atoms with E-state index in [9.17, 15) is 13.6 Å². The van der Waals surface area contributed by atoms with Gasteiger partial charge in [-0.1, -0.05) is 6.58 Å². The molecule has 1 atom stereocenters. The third-order valence-corrected chi connectivity index (χ3v) is 6.21. The molecule has 1 aliphatic heterocycles. The number of rotatable bonds is 9. The summed E-state index contributed by atoms with van der Waals surface area (Å²) in [6, 6.07) is 3.31. The number of oxazole rings is 1. The summed E-state index contributed by atoms with van der Waals surface area (Å²) in [4.78, 5) is 23.3. The van der Waals surface area contributed by atoms with Crippen LogP contribution in [-0.4, -0.2) is 43.6 Å². The minimum absolute atomic E-state index is 0.0306. The van der Waals surface area contributed by atoms with E-state index >= 15 is 0 Å². The average molecular weight is 496 g/mol. The van der Waals surface area contributed by atoms with Gasteiger partial charge in [0.2, 0.25) is 5.89 Å². The van der Waals surface area contributed by atoms with E-state index in [-0.39, 0.29) is 23.3 Å². The molecule has 5 rings (SSSR count). The number of hydrogen-bond acceptors (Lipinski definition) is 7. The molecule has 0 bridgehead atoms. The van der Waals surface area contributed by atoms with Gasteiger partial charge in [0.25, 0.3) is 12.3 Å². The lowest BCUT2D eigenvalue weighted by molar-refractivity contribution is 0.102. The molecule has 0 spiro atoms. The predicted octanol–water partition coefficient (Wildman–Crippen LogP) is 5.24. The van der Waals surface area contributed by atoms with Crippen molar-refractivity contribution in [2.24, 2.45) is 5.92 Å². The van der Waals surface area contributed by atoms with Gasteiger partial charge >= 0.3 is 0 Å². The molecule has 3 aromatic heterocycles. The highest BCUT2D eigenvalue weighted by atomic mass is 19.3. The lowest BCUT2D eigenvalue weighted by Gasteiger charge is -2.27. The molecular weight excluding hydrogens is 468 g/mol. The number of allylic oxidation sites excluding steroid dienone is 2. The fraction of sp³-hybridized carbons (Fsp3) is 0.360. The van der Waals surface area contributed by atoms with Gasteiger partial charge in [-0.25, -0.2) is 18.7 Å². The third-order valence-electron chi connectivity index (χ3n) is 6.21. The van der Waals surface area contributed by atoms with E-state index in [1.165, 1.54) is 30.0 Å². The predicted molar refractivity (Wildman–Crippen MR) is 130 cm³/mol. The van der Waals surface area contributed by atoms with Crippen molar-refractivity contribution in [2.45, 2.75) is 38.7 Å². The Bertz CT molecular complexity index is 1300. The SMILES string of the molecule is C=C(C)N1C=CC(n2cc(NC(=O)c3coc(-c4ccnc(NCC5CC5)c4)n3)c(C(F)F)n2)CC1. The van der Waals surface area contributed by atoms with E-state index in [4.69, 9.17) is 4.42 Å². The number of pyridine rings is 1. The third kappa shape index (κ3) is 5.29. The molecule has 1 aliphatic carbocycles. The van der Waals surface area contributed by atoms with Crippen LogP contribution in [0.1, 0.15) is 54.8 Å². The molecule has 188 valence electrons. The lowest BCUT2D eigenvalue weighted by Crippen LogP contribution is -2.24. The summed E-state index contributed by atoms with van der Waals surface area (Å²) < 4.78 is 34.3. The van der Waals surface area contributed by atoms with E-state index in [0.29, 0.717) is 30.3 Å². The molecule has 1 unspecified atom stereocenters. The maximum absolute atomic E-state index is 13.7. The molecule has 11 heteroatoms. The van der Waals surface area contributed by atoms with Crippen molar-refractivity contribution in [1.82, 2.24) is 24.6 Å². The molecule has 1 amide bonds. The van der Waals surface area contributed by atoms with E-state index in [0.717, 1.165) is 12.2 Å². The Morgan fingerprint density at radius 2 is 2.17 bits per heavy atom. The molecule has 1 saturated carbocycles. The fourth-order valence-electron chi connectivity index (χ4n) is 3.94. The van der Waals surface area contributed by atoms with E-state index < -0.39 is 18.0 Å². The number of hydrogen-bond donors (Lipinski definition) is 2. The van der Waals surface area contributed by atoms with Gasteiger partial charge in [0.1, 0.15) is 12.1 Å². The van der Waals surface area contributed by atoms with Crippen LogP contribution in [0.3, 0.4) is 0 Å². The molecule has 0 saturated heterocycles. The number of carbonyl (C=O) groups is 1. The smallest absolute Gasteiger partial charge is 0.284 e. The summed E-state index contributed by atoms with van der Waals surface area (Å²) in [6.45, 7) is 7.36. The number of anilines is 2. The molecular formula is C25H27F2N7O2. The molecule has 3 aromatic rings. The number of nitrogens with one attached hydrogen (secondary N) is 2. The maximum Gasteiger partial charge on any atom is 0.284 e. The van der Waals surface area contributed by atoms with Crippen LogP contribution < -0.4 is 10.6 Å². The van der Waals surface area contributed by atoms with Crippen molar-refractivity contribution in [2.75, 3.05) is 23.7 Å². The molecule has 36 heavy (non-hydrogen) atoms. The van der Waals surface area contributed by atoms with Gasteiger partial charge in [-0.15, -0.1) is 0 Å². The summed E-state index contributed by atoms with van der Waals surface area (Å²) in [5.74, 6) is 0.951. The standard InChI is InChI=1S/C25H27F2N7O2/c1-15(2)33-9-6-18(7-10-33)34-13-19(22(32-34)23(26)27)30-24(35)20-14-36-25(31-20)17-5-8-28-21(11-17)29-12-16-3-4-16/h5-6,8-9,11,13-14,16,18,23H,1,3-4,7,10,12H2,2H3,(H,28,29)(H,30,35). The van der Waals surface area contributed by atoms with Crippen LogP contribution in [-0.2, 0) is 0 Å². The van der Waals surface area contributed by atoms with Crippen molar-refractivity contribution < 1.29 is 18.0 Å². The zero-order valence-electron chi connectivity index (χ0n) is 19.8. The summed E-state index contributed by atoms with van der Waals surface area (Å²) in [5.41, 5.74) is 0.957. The van der Waals surface area contributed by atoms with Gasteiger partial charge < -0.3 is 20.0 Å². The zero-order chi connectivity index (χ0) is 25.2. The summed E-state index contributed by atoms with van der Waals surface area (Å²) in [7, 11) is 0. The van der Waals surface area contributed by atoms with Gasteiger partial charge in [-0.2, -0.15) is 5.10 Å². The zero-order valence-corrected chi connectivity index (χ0v) is 19.8. The van der Waals surface area contributed by atoms with Crippen LogP contribution in [0.5, 0.6) is 0 Å². The molecule has 9 nitrogen and oxygen atoms in total. The number of amides is 1. The van der Waals surface area contributed by atoms with Crippen LogP contribution in [0.15, 0.2) is 59.8 Å². The summed E-state index contributed by atoms with van der Waals surface area (Å²) in [6.07, 6.45) is 8.25. The van der Waals surface area contributed by atoms with Crippen molar-refractivity contribution in [3.8, 4) is 11.5 Å². The second-order valence-electron chi connectivity index (χ2n) is 9.08. The van der Waals surface area contributed by atoms with Gasteiger partial charge in [0.05, 0.1) is 11.7 Å². The Balaban J connectivity index is 1.29. The second-order valence-corrected chi connectivity index (χ2v) is 9.08. The van der Waals surface area contributed by atoms with Crippen LogP contribution >= 0.6 is 0 Å². The van der Waals surface area contributed by atoms with Crippen LogP contribution in [0, 0.1) is 5.92 Å². The topological polar surface area (TPSA) is 101 Å². The molecule has 4 heterocycles. The summed E-state index contributed by atoms with van der Waals surface area (Å²) in [5, 5.41) is 9.84. The number of halogens is 2. The number of nitrogens with zero attached hydrogens (tertiary/aromatic N) is 5. The minimum Gasteiger partial charge on any atom is -0.444 e. The van der Waals surface area contributed by atoms with Crippen molar-refractivity contribution >= 4 is 17.4 Å². The van der Waals surface area contributed by atoms with Gasteiger partial charge in [0, 0.05) is 42.9 Å². The lowest BCUT2D eigenvalue weighted by atomic mass is 10.1. The molecule has 0 radical (unpaired) electrons. The number of alkyl halides is 2. The molecule has 0 aromatic carbocycles. The van der Waals surface area contributed by atoms with Gasteiger partial charge in [-0.3, -0.25) is 9.48 Å². The number of carbonyl (C=O) groups excluding carboxylic acids is 1. The maximum atomic E-state index is 13.7. The molecule has 1 fully saturated rings. The van der Waals surface area contributed by atoms with Crippen LogP contribution in [0.25, 0.3) is 11.5 Å². The molecule has 2 aliphatic rings. The Morgan fingerprint density at radius 3 is 2.86 bits per heavy atom. The van der Waals surface area contributed by atoms with E-state index in [1.54, 1.807) is 18.3 Å². The molecule has 2 N–H and O–H groups in total. The Kier molecular flexibility index (Phi) is 6.53. The van der Waals surface area contributed by atoms with E-state index in [1.807, 2.05) is 24.1 Å². The first kappa shape index (κ1) is 23.7. The van der Waals surface area contributed by atoms with Gasteiger partial charge in [-0.05, 0) is 50.3 Å². The highest BCUT2D eigenvalue weighted by Gasteiger charge is 2.25. The van der Waals surface area contributed by atoms with Crippen molar-refractivity contribution in [1.29, 1.82) is 0 Å². The van der Waals surface area contributed by atoms with Gasteiger partial charge in [0.15, 0.2) is 11.4 Å². The number of aromatic nitrogens is 4. The van der Waals surface area contributed by atoms with E-state index in [2.05, 4.69) is 32.3 Å². The monoisotopic (exact) mass is 495 g/mol. The highest BCUT2D eigenvalue weighted by Crippen LogP contribution is 2.31. The quantitative estimate of drug-likeness (QED) is 0.419. The summed E-state index contributed by atoms with van der Waals surface area (Å²) >= 11 is 0. The normalized spacial score (nSPS) is 17.4. The second kappa shape index (κ2) is 9.92. The first-order valence-corrected chi connectivity index (χ1v) is 11.8.